The third-order valence-electron chi connectivity index (χ3n) is 9.81. The van der Waals surface area contributed by atoms with Gasteiger partial charge in [-0.05, 0) is 101 Å². The van der Waals surface area contributed by atoms with Gasteiger partial charge in [-0.25, -0.2) is 8.42 Å². The van der Waals surface area contributed by atoms with Crippen LogP contribution >= 0.6 is 0 Å². The summed E-state index contributed by atoms with van der Waals surface area (Å²) < 4.78 is 70.6. The van der Waals surface area contributed by atoms with Gasteiger partial charge in [-0.3, -0.25) is 4.79 Å². The Kier molecular flexibility index (Phi) is 11.9. The highest BCUT2D eigenvalue weighted by atomic mass is 32.2. The van der Waals surface area contributed by atoms with Crippen LogP contribution in [0.15, 0.2) is 118 Å². The molecule has 0 saturated carbocycles. The van der Waals surface area contributed by atoms with Crippen LogP contribution in [0.2, 0.25) is 0 Å². The van der Waals surface area contributed by atoms with Crippen molar-refractivity contribution in [2.45, 2.75) is 70.5 Å². The van der Waals surface area contributed by atoms with Crippen molar-refractivity contribution in [1.82, 2.24) is 9.62 Å². The van der Waals surface area contributed by atoms with Crippen LogP contribution in [-0.2, 0) is 34.0 Å². The molecule has 5 rings (SSSR count). The molecule has 1 amide bonds. The van der Waals surface area contributed by atoms with Crippen molar-refractivity contribution < 1.29 is 26.4 Å². The monoisotopic (exact) mass is 742 g/mol. The normalized spacial score (nSPS) is 17.9. The molecule has 0 bridgehead atoms. The molecule has 1 heterocycles. The lowest BCUT2D eigenvalue weighted by Gasteiger charge is -2.26. The van der Waals surface area contributed by atoms with Crippen LogP contribution in [0.3, 0.4) is 0 Å². The number of hydrogen-bond donors (Lipinski definition) is 1. The minimum absolute atomic E-state index is 0.0442. The number of fused-ring (bicyclic) bond motifs is 1. The quantitative estimate of drug-likeness (QED) is 0.210. The van der Waals surface area contributed by atoms with E-state index in [-0.39, 0.29) is 36.2 Å². The van der Waals surface area contributed by atoms with Crippen LogP contribution < -0.4 is 5.32 Å². The van der Waals surface area contributed by atoms with Crippen LogP contribution in [0, 0.1) is 19.8 Å². The fourth-order valence-electron chi connectivity index (χ4n) is 6.85. The summed E-state index contributed by atoms with van der Waals surface area (Å²) in [7, 11) is -2.70. The predicted octanol–water partition coefficient (Wildman–Crippen LogP) is 10.0. The summed E-state index contributed by atoms with van der Waals surface area (Å²) in [5.41, 5.74) is 7.11. The Hall–Kier alpha value is -4.87. The zero-order valence-electron chi connectivity index (χ0n) is 30.7. The lowest BCUT2D eigenvalue weighted by Crippen LogP contribution is -2.33. The summed E-state index contributed by atoms with van der Waals surface area (Å²) in [4.78, 5) is 13.5. The highest BCUT2D eigenvalue weighted by Gasteiger charge is 2.37. The topological polar surface area (TPSA) is 91.2 Å². The van der Waals surface area contributed by atoms with Gasteiger partial charge in [0.25, 0.3) is 0 Å². The standard InChI is InChI=1S/C42H45F3N4O3S/c1-8-28(4)36-18-19-37(30(6)41(36)48-46-7)38(23-40(50)47-35-11-9-10-26(2)12-17-35)31-14-13-29(5)33(21-31)25-49-24-27(3)20-32-15-16-34(42(43,44)45)22-39(32)53(49,51)52/h9-19,21-22,27,38H,2,4,8,20,23-25H2,1,3,5-7H3,(H,47,50)/t27-,38-/m0/s1. The number of alkyl halides is 3. The number of hydrogen-bond acceptors (Lipinski definition) is 5. The molecule has 3 aromatic carbocycles. The maximum Gasteiger partial charge on any atom is 0.416 e. The molecule has 1 N–H and O–H groups in total. The van der Waals surface area contributed by atoms with Gasteiger partial charge < -0.3 is 5.32 Å². The van der Waals surface area contributed by atoms with Crippen LogP contribution in [0.25, 0.3) is 5.57 Å². The molecule has 1 aliphatic carbocycles. The Bertz CT molecular complexity index is 2180. The van der Waals surface area contributed by atoms with Gasteiger partial charge in [0, 0.05) is 43.7 Å². The van der Waals surface area contributed by atoms with Gasteiger partial charge in [0.1, 0.15) is 0 Å². The number of carbonyl (C=O) groups excluding carboxylic acids is 1. The predicted molar refractivity (Wildman–Crippen MR) is 204 cm³/mol. The molecule has 0 aromatic heterocycles. The Morgan fingerprint density at radius 2 is 1.83 bits per heavy atom. The minimum atomic E-state index is -4.69. The van der Waals surface area contributed by atoms with Gasteiger partial charge in [-0.15, -0.1) is 0 Å². The van der Waals surface area contributed by atoms with Crippen LogP contribution in [0.5, 0.6) is 0 Å². The van der Waals surface area contributed by atoms with Gasteiger partial charge >= 0.3 is 6.18 Å². The van der Waals surface area contributed by atoms with Crippen molar-refractivity contribution in [2.24, 2.45) is 16.1 Å². The minimum Gasteiger partial charge on any atom is -0.326 e. The third-order valence-corrected chi connectivity index (χ3v) is 11.7. The number of sulfonamides is 1. The summed E-state index contributed by atoms with van der Waals surface area (Å²) in [6.45, 7) is 16.0. The molecule has 3 aromatic rings. The lowest BCUT2D eigenvalue weighted by atomic mass is 9.82. The molecule has 7 nitrogen and oxygen atoms in total. The summed E-state index contributed by atoms with van der Waals surface area (Å²) in [6, 6.07) is 12.6. The number of carbonyl (C=O) groups is 1. The number of nitrogens with zero attached hydrogens (tertiary/aromatic N) is 3. The molecule has 1 aliphatic heterocycles. The average molecular weight is 743 g/mol. The Morgan fingerprint density at radius 1 is 1.08 bits per heavy atom. The number of rotatable bonds is 10. The summed E-state index contributed by atoms with van der Waals surface area (Å²) in [6.07, 6.45) is 5.43. The first kappa shape index (κ1) is 39.3. The van der Waals surface area contributed by atoms with Crippen molar-refractivity contribution in [2.75, 3.05) is 13.6 Å². The number of aryl methyl sites for hydroxylation is 1. The highest BCUT2D eigenvalue weighted by Crippen LogP contribution is 2.40. The second kappa shape index (κ2) is 16.0. The Morgan fingerprint density at radius 3 is 2.53 bits per heavy atom. The Balaban J connectivity index is 1.59. The fourth-order valence-corrected chi connectivity index (χ4v) is 8.65. The molecule has 0 spiro atoms. The maximum absolute atomic E-state index is 14.1. The van der Waals surface area contributed by atoms with Gasteiger partial charge in [-0.1, -0.05) is 81.6 Å². The summed E-state index contributed by atoms with van der Waals surface area (Å²) in [5, 5.41) is 11.5. The van der Waals surface area contributed by atoms with Crippen molar-refractivity contribution >= 4 is 27.2 Å². The molecular formula is C42H45F3N4O3S. The highest BCUT2D eigenvalue weighted by molar-refractivity contribution is 7.89. The molecule has 11 heteroatoms. The second-order valence-electron chi connectivity index (χ2n) is 13.7. The molecule has 2 atom stereocenters. The molecule has 278 valence electrons. The first-order valence-electron chi connectivity index (χ1n) is 17.5. The Labute approximate surface area is 310 Å². The van der Waals surface area contributed by atoms with E-state index in [9.17, 15) is 26.4 Å². The van der Waals surface area contributed by atoms with E-state index in [2.05, 4.69) is 28.7 Å². The number of benzene rings is 3. The van der Waals surface area contributed by atoms with Crippen LogP contribution in [0.1, 0.15) is 77.1 Å². The maximum atomic E-state index is 14.1. The first-order chi connectivity index (χ1) is 25.0. The third kappa shape index (κ3) is 8.85. The largest absolute Gasteiger partial charge is 0.416 e. The zero-order chi connectivity index (χ0) is 38.7. The smallest absolute Gasteiger partial charge is 0.326 e. The second-order valence-corrected chi connectivity index (χ2v) is 15.6. The lowest BCUT2D eigenvalue weighted by molar-refractivity contribution is -0.137. The van der Waals surface area contributed by atoms with E-state index in [1.54, 1.807) is 19.2 Å². The van der Waals surface area contributed by atoms with Gasteiger partial charge in [0.05, 0.1) is 16.1 Å². The van der Waals surface area contributed by atoms with E-state index < -0.39 is 27.7 Å². The molecule has 2 aliphatic rings. The average Bonchev–Trinajstić information content (AvgIpc) is 3.36. The molecule has 53 heavy (non-hydrogen) atoms. The molecule has 0 fully saturated rings. The fraction of sp³-hybridized carbons (Fsp3) is 0.310. The molecular weight excluding hydrogens is 698 g/mol. The van der Waals surface area contributed by atoms with E-state index in [0.29, 0.717) is 35.4 Å². The van der Waals surface area contributed by atoms with E-state index in [0.717, 1.165) is 51.1 Å². The van der Waals surface area contributed by atoms with Crippen LogP contribution in [0.4, 0.5) is 18.9 Å². The van der Waals surface area contributed by atoms with Gasteiger partial charge in [0.2, 0.25) is 15.9 Å². The number of halogens is 3. The number of nitrogens with one attached hydrogen (secondary N) is 1. The van der Waals surface area contributed by atoms with E-state index >= 15 is 0 Å². The number of amides is 1. The van der Waals surface area contributed by atoms with E-state index in [4.69, 9.17) is 0 Å². The zero-order valence-corrected chi connectivity index (χ0v) is 31.5. The molecule has 0 saturated heterocycles. The number of azo groups is 1. The van der Waals surface area contributed by atoms with Crippen molar-refractivity contribution in [3.8, 4) is 0 Å². The van der Waals surface area contributed by atoms with Crippen LogP contribution in [-0.4, -0.2) is 32.2 Å². The van der Waals surface area contributed by atoms with Crippen molar-refractivity contribution in [3.63, 3.8) is 0 Å². The number of allylic oxidation sites excluding steroid dienone is 7. The van der Waals surface area contributed by atoms with Gasteiger partial charge in [-0.2, -0.15) is 27.7 Å². The molecule has 0 unspecified atom stereocenters. The summed E-state index contributed by atoms with van der Waals surface area (Å²) >= 11 is 0. The van der Waals surface area contributed by atoms with Crippen molar-refractivity contribution in [1.29, 1.82) is 0 Å². The molecule has 0 radical (unpaired) electrons. The SMILES string of the molecule is C=C1C=CC=C(NC(=O)C[C@@H](c2ccc(C)c(CN3C[C@@H](C)Cc4ccc(C(F)(F)F)cc4S3(=O)=O)c2)c2ccc(C(=C)CC)c(N=NC)c2C)C=C1. The first-order valence-corrected chi connectivity index (χ1v) is 18.9. The van der Waals surface area contributed by atoms with Gasteiger partial charge in [0.15, 0.2) is 0 Å². The summed E-state index contributed by atoms with van der Waals surface area (Å²) in [5.74, 6) is -0.873. The van der Waals surface area contributed by atoms with E-state index in [1.165, 1.54) is 10.4 Å². The van der Waals surface area contributed by atoms with E-state index in [1.807, 2.05) is 76.3 Å². The van der Waals surface area contributed by atoms with Crippen molar-refractivity contribution in [3.05, 3.63) is 148 Å².